The number of aromatic nitrogens is 2. The summed E-state index contributed by atoms with van der Waals surface area (Å²) in [5.74, 6) is 0.609. The average molecular weight is 493 g/mol. The molecule has 2 aromatic heterocycles. The molecule has 182 valence electrons. The first-order chi connectivity index (χ1) is 17.0. The number of imidazole rings is 1. The zero-order valence-corrected chi connectivity index (χ0v) is 20.7. The summed E-state index contributed by atoms with van der Waals surface area (Å²) < 4.78 is 7.11. The zero-order chi connectivity index (χ0) is 24.8. The van der Waals surface area contributed by atoms with Crippen molar-refractivity contribution in [2.75, 3.05) is 25.5 Å². The van der Waals surface area contributed by atoms with Crippen LogP contribution in [0.25, 0.3) is 0 Å². The number of anilines is 1. The van der Waals surface area contributed by atoms with E-state index in [0.717, 1.165) is 27.4 Å². The van der Waals surface area contributed by atoms with E-state index >= 15 is 0 Å². The number of benzene rings is 1. The number of methoxy groups -OCH3 is 1. The Bertz CT molecular complexity index is 1260. The normalized spacial score (nSPS) is 12.5. The molecule has 0 saturated carbocycles. The molecule has 10 heteroatoms. The van der Waals surface area contributed by atoms with Crippen LogP contribution in [0.2, 0.25) is 0 Å². The second-order valence-corrected chi connectivity index (χ2v) is 9.51. The van der Waals surface area contributed by atoms with Crippen LogP contribution in [0.3, 0.4) is 0 Å². The number of ether oxygens (including phenoxy) is 1. The fourth-order valence-corrected chi connectivity index (χ4v) is 5.29. The number of carbonyl (C=O) groups excluding carboxylic acids is 2. The van der Waals surface area contributed by atoms with Crippen LogP contribution in [0.4, 0.5) is 9.80 Å². The summed E-state index contributed by atoms with van der Waals surface area (Å²) >= 11 is 1.38. The smallest absolute Gasteiger partial charge is 0.317 e. The molecule has 3 amide bonds. The molecule has 4 rings (SSSR count). The van der Waals surface area contributed by atoms with Crippen LogP contribution in [-0.2, 0) is 37.6 Å². The Labute approximate surface area is 208 Å². The van der Waals surface area contributed by atoms with Gasteiger partial charge in [-0.1, -0.05) is 12.1 Å². The van der Waals surface area contributed by atoms with Crippen molar-refractivity contribution in [3.05, 3.63) is 64.1 Å². The van der Waals surface area contributed by atoms with E-state index in [-0.39, 0.29) is 11.9 Å². The maximum absolute atomic E-state index is 12.7. The lowest BCUT2D eigenvalue weighted by Crippen LogP contribution is -2.43. The van der Waals surface area contributed by atoms with Gasteiger partial charge >= 0.3 is 6.03 Å². The number of hydrogen-bond donors (Lipinski definition) is 2. The van der Waals surface area contributed by atoms with Crippen LogP contribution < -0.4 is 15.4 Å². The molecule has 3 aromatic rings. The number of hydrogen-bond acceptors (Lipinski definition) is 6. The van der Waals surface area contributed by atoms with Crippen LogP contribution in [0.15, 0.2) is 36.8 Å². The molecular weight excluding hydrogens is 464 g/mol. The molecule has 1 aromatic carbocycles. The Morgan fingerprint density at radius 2 is 2.17 bits per heavy atom. The molecule has 1 aliphatic heterocycles. The van der Waals surface area contributed by atoms with Crippen LogP contribution >= 0.6 is 11.3 Å². The van der Waals surface area contributed by atoms with Gasteiger partial charge < -0.3 is 24.8 Å². The Morgan fingerprint density at radius 3 is 2.91 bits per heavy atom. The van der Waals surface area contributed by atoms with Crippen molar-refractivity contribution in [1.82, 2.24) is 19.8 Å². The van der Waals surface area contributed by atoms with Crippen molar-refractivity contribution in [2.24, 2.45) is 7.05 Å². The molecule has 0 aliphatic carbocycles. The number of rotatable bonds is 8. The number of aryl methyl sites for hydroxylation is 2. The summed E-state index contributed by atoms with van der Waals surface area (Å²) in [7, 11) is 3.52. The van der Waals surface area contributed by atoms with Gasteiger partial charge in [0.15, 0.2) is 0 Å². The molecule has 0 unspecified atom stereocenters. The Kier molecular flexibility index (Phi) is 7.67. The van der Waals surface area contributed by atoms with Crippen LogP contribution in [-0.4, -0.2) is 46.6 Å². The highest BCUT2D eigenvalue weighted by Gasteiger charge is 2.27. The largest absolute Gasteiger partial charge is 0.497 e. The van der Waals surface area contributed by atoms with E-state index in [1.165, 1.54) is 11.3 Å². The molecule has 0 bridgehead atoms. The van der Waals surface area contributed by atoms with E-state index in [1.54, 1.807) is 18.3 Å². The quantitative estimate of drug-likeness (QED) is 0.501. The molecule has 0 atom stereocenters. The molecular formula is C25H28N6O3S. The Morgan fingerprint density at radius 1 is 1.31 bits per heavy atom. The standard InChI is InChI=1S/C25H28N6O3S/c1-30-14-18(28-16-30)8-10-27-25(33)31-11-9-20-21(13-26)24(35-22(20)15-31)29-23(32)7-6-17-4-3-5-19(12-17)34-2/h3-5,12,14,16H,6-11,15H2,1-2H3,(H,27,33)(H,29,32). The van der Waals surface area contributed by atoms with Gasteiger partial charge in [-0.15, -0.1) is 11.3 Å². The fraction of sp³-hybridized carbons (Fsp3) is 0.360. The lowest BCUT2D eigenvalue weighted by molar-refractivity contribution is -0.116. The second-order valence-electron chi connectivity index (χ2n) is 8.40. The molecule has 0 saturated heterocycles. The molecule has 0 fully saturated rings. The van der Waals surface area contributed by atoms with Crippen molar-refractivity contribution in [2.45, 2.75) is 32.2 Å². The Hall–Kier alpha value is -3.84. The molecule has 9 nitrogen and oxygen atoms in total. The highest BCUT2D eigenvalue weighted by Crippen LogP contribution is 2.36. The van der Waals surface area contributed by atoms with Gasteiger partial charge in [0.25, 0.3) is 0 Å². The fourth-order valence-electron chi connectivity index (χ4n) is 4.06. The molecule has 0 radical (unpaired) electrons. The lowest BCUT2D eigenvalue weighted by atomic mass is 10.0. The molecule has 3 heterocycles. The van der Waals surface area contributed by atoms with Gasteiger partial charge in [-0.3, -0.25) is 4.79 Å². The first-order valence-electron chi connectivity index (χ1n) is 11.4. The minimum atomic E-state index is -0.146. The summed E-state index contributed by atoms with van der Waals surface area (Å²) in [5, 5.41) is 16.2. The third-order valence-corrected chi connectivity index (χ3v) is 7.03. The number of nitrogens with zero attached hydrogens (tertiary/aromatic N) is 4. The zero-order valence-electron chi connectivity index (χ0n) is 19.8. The van der Waals surface area contributed by atoms with E-state index in [2.05, 4.69) is 21.7 Å². The second kappa shape index (κ2) is 11.1. The number of carbonyl (C=O) groups is 2. The van der Waals surface area contributed by atoms with Crippen LogP contribution in [0.1, 0.15) is 33.7 Å². The summed E-state index contributed by atoms with van der Waals surface area (Å²) in [6, 6.07) is 9.74. The number of thiophene rings is 1. The van der Waals surface area contributed by atoms with Gasteiger partial charge in [-0.05, 0) is 36.1 Å². The monoisotopic (exact) mass is 492 g/mol. The van der Waals surface area contributed by atoms with Crippen molar-refractivity contribution in [3.8, 4) is 11.8 Å². The molecule has 0 spiro atoms. The van der Waals surface area contributed by atoms with E-state index < -0.39 is 0 Å². The first kappa shape index (κ1) is 24.3. The van der Waals surface area contributed by atoms with Gasteiger partial charge in [0.2, 0.25) is 5.91 Å². The summed E-state index contributed by atoms with van der Waals surface area (Å²) in [6.07, 6.45) is 5.79. The minimum absolute atomic E-state index is 0.137. The number of fused-ring (bicyclic) bond motifs is 1. The van der Waals surface area contributed by atoms with Gasteiger partial charge in [0.05, 0.1) is 31.2 Å². The minimum Gasteiger partial charge on any atom is -0.497 e. The maximum Gasteiger partial charge on any atom is 0.317 e. The number of nitrogens with one attached hydrogen (secondary N) is 2. The van der Waals surface area contributed by atoms with Gasteiger partial charge in [-0.2, -0.15) is 5.26 Å². The third-order valence-electron chi connectivity index (χ3n) is 5.90. The number of amides is 3. The highest BCUT2D eigenvalue weighted by molar-refractivity contribution is 7.16. The molecule has 35 heavy (non-hydrogen) atoms. The van der Waals surface area contributed by atoms with E-state index in [9.17, 15) is 14.9 Å². The van der Waals surface area contributed by atoms with E-state index in [0.29, 0.717) is 55.9 Å². The number of urea groups is 1. The Balaban J connectivity index is 1.33. The summed E-state index contributed by atoms with van der Waals surface area (Å²) in [4.78, 5) is 32.2. The molecule has 2 N–H and O–H groups in total. The highest BCUT2D eigenvalue weighted by atomic mass is 32.1. The van der Waals surface area contributed by atoms with Crippen LogP contribution in [0.5, 0.6) is 5.75 Å². The molecule has 1 aliphatic rings. The van der Waals surface area contributed by atoms with Crippen molar-refractivity contribution >= 4 is 28.3 Å². The third kappa shape index (κ3) is 6.00. The van der Waals surface area contributed by atoms with Gasteiger partial charge in [0.1, 0.15) is 16.8 Å². The van der Waals surface area contributed by atoms with Gasteiger partial charge in [-0.25, -0.2) is 9.78 Å². The summed E-state index contributed by atoms with van der Waals surface area (Å²) in [5.41, 5.74) is 3.38. The van der Waals surface area contributed by atoms with Crippen molar-refractivity contribution in [3.63, 3.8) is 0 Å². The predicted octanol–water partition coefficient (Wildman–Crippen LogP) is 3.24. The maximum atomic E-state index is 12.7. The predicted molar refractivity (Wildman–Crippen MR) is 133 cm³/mol. The van der Waals surface area contributed by atoms with Crippen molar-refractivity contribution in [1.29, 1.82) is 5.26 Å². The van der Waals surface area contributed by atoms with Gasteiger partial charge in [0, 0.05) is 44.1 Å². The SMILES string of the molecule is COc1cccc(CCC(=O)Nc2sc3c(c2C#N)CCN(C(=O)NCCc2cn(C)cn2)C3)c1. The lowest BCUT2D eigenvalue weighted by Gasteiger charge is -2.27. The average Bonchev–Trinajstić information content (AvgIpc) is 3.44. The van der Waals surface area contributed by atoms with Crippen LogP contribution in [0, 0.1) is 11.3 Å². The van der Waals surface area contributed by atoms with Crippen molar-refractivity contribution < 1.29 is 14.3 Å². The first-order valence-corrected chi connectivity index (χ1v) is 12.3. The topological polar surface area (TPSA) is 112 Å². The summed E-state index contributed by atoms with van der Waals surface area (Å²) in [6.45, 7) is 1.45. The van der Waals surface area contributed by atoms with E-state index in [1.807, 2.05) is 42.1 Å². The van der Waals surface area contributed by atoms with E-state index in [4.69, 9.17) is 4.74 Å². The number of nitriles is 1.